The lowest BCUT2D eigenvalue weighted by atomic mass is 9.50. The van der Waals surface area contributed by atoms with Gasteiger partial charge in [-0.1, -0.05) is 0 Å². The first-order valence-electron chi connectivity index (χ1n) is 8.53. The Labute approximate surface area is 147 Å². The van der Waals surface area contributed by atoms with E-state index in [1.807, 2.05) is 4.72 Å². The summed E-state index contributed by atoms with van der Waals surface area (Å²) in [5, 5.41) is -4.66. The topological polar surface area (TPSA) is 101 Å². The van der Waals surface area contributed by atoms with E-state index in [1.165, 1.54) is 0 Å². The van der Waals surface area contributed by atoms with E-state index in [9.17, 15) is 25.6 Å². The number of alkyl halides is 2. The predicted molar refractivity (Wildman–Crippen MR) is 88.1 cm³/mol. The van der Waals surface area contributed by atoms with Crippen molar-refractivity contribution in [2.75, 3.05) is 6.54 Å². The second-order valence-electron chi connectivity index (χ2n) is 8.74. The van der Waals surface area contributed by atoms with Crippen molar-refractivity contribution in [1.29, 1.82) is 0 Å². The van der Waals surface area contributed by atoms with Crippen LogP contribution in [-0.2, 0) is 20.1 Å². The van der Waals surface area contributed by atoms with E-state index in [0.717, 1.165) is 38.5 Å². The summed E-state index contributed by atoms with van der Waals surface area (Å²) < 4.78 is 83.7. The van der Waals surface area contributed by atoms with Gasteiger partial charge in [-0.2, -0.15) is 17.2 Å². The van der Waals surface area contributed by atoms with Crippen molar-refractivity contribution < 1.29 is 30.2 Å². The zero-order chi connectivity index (χ0) is 18.9. The Kier molecular flexibility index (Phi) is 4.35. The lowest BCUT2D eigenvalue weighted by molar-refractivity contribution is -0.0492. The standard InChI is InChI=1S/C15H25F2NO5S2/c1-13(2,25(21,22)23)15(16,17)24(19,20)18-9-14-6-10-3-11(7-14)5-12(4-10)8-14/h10-12,18H,3-9H2,1-2H3,(H,21,22,23). The molecule has 25 heavy (non-hydrogen) atoms. The molecule has 0 aromatic rings. The molecule has 10 heteroatoms. The molecule has 146 valence electrons. The summed E-state index contributed by atoms with van der Waals surface area (Å²) in [6.07, 6.45) is 5.90. The van der Waals surface area contributed by atoms with Crippen LogP contribution in [0, 0.1) is 23.2 Å². The van der Waals surface area contributed by atoms with Crippen LogP contribution in [-0.4, -0.2) is 37.9 Å². The molecule has 6 nitrogen and oxygen atoms in total. The van der Waals surface area contributed by atoms with Gasteiger partial charge in [-0.15, -0.1) is 0 Å². The molecule has 4 fully saturated rings. The lowest BCUT2D eigenvalue weighted by Gasteiger charge is -2.57. The maximum atomic E-state index is 14.4. The molecule has 0 radical (unpaired) electrons. The molecule has 4 saturated carbocycles. The van der Waals surface area contributed by atoms with Crippen LogP contribution >= 0.6 is 0 Å². The van der Waals surface area contributed by atoms with Gasteiger partial charge in [-0.25, -0.2) is 13.1 Å². The maximum Gasteiger partial charge on any atom is 0.380 e. The van der Waals surface area contributed by atoms with Gasteiger partial charge in [0.2, 0.25) is 0 Å². The molecule has 0 aliphatic heterocycles. The fourth-order valence-corrected chi connectivity index (χ4v) is 7.59. The normalized spacial score (nSPS) is 36.0. The van der Waals surface area contributed by atoms with E-state index in [0.29, 0.717) is 31.6 Å². The lowest BCUT2D eigenvalue weighted by Crippen LogP contribution is -2.59. The van der Waals surface area contributed by atoms with Crippen molar-refractivity contribution in [2.24, 2.45) is 23.2 Å². The highest BCUT2D eigenvalue weighted by molar-refractivity contribution is 7.93. The number of hydrogen-bond acceptors (Lipinski definition) is 4. The Morgan fingerprint density at radius 3 is 1.76 bits per heavy atom. The Balaban J connectivity index is 1.78. The Morgan fingerprint density at radius 1 is 1.00 bits per heavy atom. The summed E-state index contributed by atoms with van der Waals surface area (Å²) in [5.74, 6) is 1.60. The number of nitrogens with one attached hydrogen (secondary N) is 1. The van der Waals surface area contributed by atoms with Gasteiger partial charge in [-0.3, -0.25) is 4.55 Å². The van der Waals surface area contributed by atoms with Gasteiger partial charge < -0.3 is 0 Å². The van der Waals surface area contributed by atoms with E-state index >= 15 is 0 Å². The fraction of sp³-hybridized carbons (Fsp3) is 1.00. The Bertz CT molecular complexity index is 726. The van der Waals surface area contributed by atoms with Crippen LogP contribution in [0.2, 0.25) is 0 Å². The van der Waals surface area contributed by atoms with Crippen LogP contribution in [0.15, 0.2) is 0 Å². The first-order chi connectivity index (χ1) is 11.2. The number of rotatable bonds is 6. The number of hydrogen-bond donors (Lipinski definition) is 2. The molecule has 4 rings (SSSR count). The molecule has 0 spiro atoms. The summed E-state index contributed by atoms with van der Waals surface area (Å²) in [5.41, 5.74) is -0.305. The summed E-state index contributed by atoms with van der Waals surface area (Å²) in [6, 6.07) is 0. The largest absolute Gasteiger partial charge is 0.380 e. The SMILES string of the molecule is CC(C)(C(F)(F)S(=O)(=O)NCC12CC3CC(CC(C3)C1)C2)S(=O)(=O)O. The van der Waals surface area contributed by atoms with Crippen LogP contribution in [0.5, 0.6) is 0 Å². The van der Waals surface area contributed by atoms with E-state index < -0.39 is 30.1 Å². The molecule has 4 bridgehead atoms. The molecule has 0 atom stereocenters. The second kappa shape index (κ2) is 5.59. The minimum atomic E-state index is -5.28. The molecule has 0 amide bonds. The Morgan fingerprint density at radius 2 is 1.40 bits per heavy atom. The molecular formula is C15H25F2NO5S2. The van der Waals surface area contributed by atoms with Crippen molar-refractivity contribution in [1.82, 2.24) is 4.72 Å². The average Bonchev–Trinajstić information content (AvgIpc) is 2.42. The van der Waals surface area contributed by atoms with Crippen LogP contribution in [0.25, 0.3) is 0 Å². The third kappa shape index (κ3) is 3.02. The summed E-state index contributed by atoms with van der Waals surface area (Å²) in [4.78, 5) is 0. The monoisotopic (exact) mass is 401 g/mol. The predicted octanol–water partition coefficient (Wildman–Crippen LogP) is 2.38. The van der Waals surface area contributed by atoms with Gasteiger partial charge in [0, 0.05) is 6.54 Å². The van der Waals surface area contributed by atoms with Gasteiger partial charge in [0.1, 0.15) is 0 Å². The van der Waals surface area contributed by atoms with Gasteiger partial charge in [0.25, 0.3) is 20.1 Å². The van der Waals surface area contributed by atoms with Gasteiger partial charge in [-0.05, 0) is 75.5 Å². The molecule has 0 heterocycles. The maximum absolute atomic E-state index is 14.4. The average molecular weight is 401 g/mol. The van der Waals surface area contributed by atoms with E-state index in [1.54, 1.807) is 0 Å². The highest BCUT2D eigenvalue weighted by atomic mass is 32.2. The van der Waals surface area contributed by atoms with Crippen LogP contribution in [0.3, 0.4) is 0 Å². The van der Waals surface area contributed by atoms with Crippen LogP contribution in [0.1, 0.15) is 52.4 Å². The minimum absolute atomic E-state index is 0.101. The molecular weight excluding hydrogens is 376 g/mol. The molecule has 0 saturated heterocycles. The Hall–Kier alpha value is -0.320. The van der Waals surface area contributed by atoms with Crippen LogP contribution in [0.4, 0.5) is 8.78 Å². The van der Waals surface area contributed by atoms with Gasteiger partial charge in [0.15, 0.2) is 4.75 Å². The second-order valence-corrected chi connectivity index (χ2v) is 12.5. The third-order valence-electron chi connectivity index (χ3n) is 6.49. The molecule has 0 aromatic heterocycles. The summed E-state index contributed by atoms with van der Waals surface area (Å²) in [6.45, 7) is 0.911. The van der Waals surface area contributed by atoms with Crippen molar-refractivity contribution in [3.05, 3.63) is 0 Å². The fourth-order valence-electron chi connectivity index (χ4n) is 5.32. The minimum Gasteiger partial charge on any atom is -0.285 e. The van der Waals surface area contributed by atoms with Crippen molar-refractivity contribution in [2.45, 2.75) is 62.4 Å². The highest BCUT2D eigenvalue weighted by Crippen LogP contribution is 2.59. The molecule has 2 N–H and O–H groups in total. The molecule has 0 aromatic carbocycles. The van der Waals surface area contributed by atoms with Crippen LogP contribution < -0.4 is 4.72 Å². The van der Waals surface area contributed by atoms with Crippen molar-refractivity contribution >= 4 is 20.1 Å². The van der Waals surface area contributed by atoms with E-state index in [-0.39, 0.29) is 12.0 Å². The first-order valence-corrected chi connectivity index (χ1v) is 11.5. The molecule has 4 aliphatic carbocycles. The third-order valence-corrected chi connectivity index (χ3v) is 9.87. The van der Waals surface area contributed by atoms with Crippen molar-refractivity contribution in [3.63, 3.8) is 0 Å². The number of halogens is 2. The van der Waals surface area contributed by atoms with Gasteiger partial charge in [0.05, 0.1) is 0 Å². The first kappa shape index (κ1) is 19.4. The number of sulfonamides is 1. The van der Waals surface area contributed by atoms with Crippen molar-refractivity contribution in [3.8, 4) is 0 Å². The highest BCUT2D eigenvalue weighted by Gasteiger charge is 2.64. The zero-order valence-corrected chi connectivity index (χ0v) is 16.0. The summed E-state index contributed by atoms with van der Waals surface area (Å²) in [7, 11) is -10.5. The molecule has 4 aliphatic rings. The smallest absolute Gasteiger partial charge is 0.285 e. The van der Waals surface area contributed by atoms with Gasteiger partial charge >= 0.3 is 5.25 Å². The van der Waals surface area contributed by atoms with E-state index in [4.69, 9.17) is 4.55 Å². The molecule has 0 unspecified atom stereocenters. The summed E-state index contributed by atoms with van der Waals surface area (Å²) >= 11 is 0. The van der Waals surface area contributed by atoms with E-state index in [2.05, 4.69) is 0 Å². The zero-order valence-electron chi connectivity index (χ0n) is 14.3. The quantitative estimate of drug-likeness (QED) is 0.666.